The lowest BCUT2D eigenvalue weighted by atomic mass is 10.1. The lowest BCUT2D eigenvalue weighted by molar-refractivity contribution is 0.295. The van der Waals surface area contributed by atoms with Crippen molar-refractivity contribution in [3.63, 3.8) is 0 Å². The van der Waals surface area contributed by atoms with Gasteiger partial charge in [0.2, 0.25) is 0 Å². The fourth-order valence-electron chi connectivity index (χ4n) is 3.70. The molecule has 1 atom stereocenters. The number of nitrogens with zero attached hydrogens (tertiary/aromatic N) is 3. The highest BCUT2D eigenvalue weighted by Crippen LogP contribution is 2.27. The second-order valence-corrected chi connectivity index (χ2v) is 8.87. The zero-order valence-corrected chi connectivity index (χ0v) is 21.2. The Hall–Kier alpha value is -2.34. The van der Waals surface area contributed by atoms with Crippen molar-refractivity contribution in [1.29, 1.82) is 0 Å². The number of hydrogen-bond donors (Lipinski definition) is 1. The topological polar surface area (TPSA) is 50.3 Å². The first-order valence-corrected chi connectivity index (χ1v) is 12.2. The Morgan fingerprint density at radius 1 is 1.06 bits per heavy atom. The van der Waals surface area contributed by atoms with Gasteiger partial charge < -0.3 is 15.0 Å². The van der Waals surface area contributed by atoms with Crippen LogP contribution in [0.2, 0.25) is 10.0 Å². The van der Waals surface area contributed by atoms with Gasteiger partial charge in [-0.15, -0.1) is 0 Å². The molecule has 5 nitrogen and oxygen atoms in total. The van der Waals surface area contributed by atoms with Crippen molar-refractivity contribution in [3.05, 3.63) is 57.8 Å². The lowest BCUT2D eigenvalue weighted by Crippen LogP contribution is -2.25. The van der Waals surface area contributed by atoms with Crippen molar-refractivity contribution in [2.24, 2.45) is 0 Å². The predicted molar refractivity (Wildman–Crippen MR) is 142 cm³/mol. The Morgan fingerprint density at radius 3 is 2.55 bits per heavy atom. The predicted octanol–water partition coefficient (Wildman–Crippen LogP) is 7.04. The molecule has 3 aromatic rings. The molecule has 3 rings (SSSR count). The highest BCUT2D eigenvalue weighted by Gasteiger charge is 2.12. The van der Waals surface area contributed by atoms with Crippen LogP contribution in [0.3, 0.4) is 0 Å². The van der Waals surface area contributed by atoms with Crippen molar-refractivity contribution < 1.29 is 4.74 Å². The Kier molecular flexibility index (Phi) is 9.36. The highest BCUT2D eigenvalue weighted by molar-refractivity contribution is 6.35. The number of benzene rings is 2. The van der Waals surface area contributed by atoms with Crippen LogP contribution in [0.25, 0.3) is 23.1 Å². The largest absolute Gasteiger partial charge is 0.497 e. The number of methoxy groups -OCH3 is 1. The van der Waals surface area contributed by atoms with Crippen LogP contribution in [0.15, 0.2) is 36.4 Å². The number of fused-ring (bicyclic) bond motifs is 1. The lowest BCUT2D eigenvalue weighted by Gasteiger charge is -2.20. The van der Waals surface area contributed by atoms with E-state index in [1.165, 1.54) is 0 Å². The normalized spacial score (nSPS) is 12.6. The number of rotatable bonds is 11. The van der Waals surface area contributed by atoms with Gasteiger partial charge in [-0.05, 0) is 87.4 Å². The second kappa shape index (κ2) is 12.2. The maximum absolute atomic E-state index is 6.31. The zero-order chi connectivity index (χ0) is 23.8. The van der Waals surface area contributed by atoms with Crippen LogP contribution in [-0.2, 0) is 0 Å². The number of aromatic nitrogens is 2. The van der Waals surface area contributed by atoms with E-state index in [1.54, 1.807) is 13.2 Å². The van der Waals surface area contributed by atoms with Crippen LogP contribution in [-0.4, -0.2) is 47.7 Å². The van der Waals surface area contributed by atoms with Crippen molar-refractivity contribution in [2.45, 2.75) is 39.7 Å². The standard InChI is InChI=1S/C26H32Cl2N4O/c1-5-32(6-2)15-7-8-18(3)29-26-22-17-21(33-4)12-13-24(22)30-25(31-26)14-10-19-9-11-20(27)16-23(19)28/h9-14,16-18H,5-8,15H2,1-4H3,(H,29,30,31)/b14-10+. The number of nitrogens with one attached hydrogen (secondary N) is 1. The first-order valence-electron chi connectivity index (χ1n) is 11.4. The summed E-state index contributed by atoms with van der Waals surface area (Å²) < 4.78 is 5.43. The Labute approximate surface area is 206 Å². The van der Waals surface area contributed by atoms with Gasteiger partial charge in [-0.25, -0.2) is 9.97 Å². The van der Waals surface area contributed by atoms with Gasteiger partial charge in [-0.3, -0.25) is 0 Å². The van der Waals surface area contributed by atoms with E-state index in [1.807, 2.05) is 42.5 Å². The van der Waals surface area contributed by atoms with Gasteiger partial charge in [0.05, 0.1) is 12.6 Å². The number of ether oxygens (including phenoxy) is 1. The van der Waals surface area contributed by atoms with E-state index in [9.17, 15) is 0 Å². The molecular weight excluding hydrogens is 455 g/mol. The quantitative estimate of drug-likeness (QED) is 0.314. The molecule has 176 valence electrons. The van der Waals surface area contributed by atoms with E-state index < -0.39 is 0 Å². The molecule has 0 spiro atoms. The minimum absolute atomic E-state index is 0.271. The fourth-order valence-corrected chi connectivity index (χ4v) is 4.18. The maximum Gasteiger partial charge on any atom is 0.154 e. The first kappa shape index (κ1) is 25.3. The highest BCUT2D eigenvalue weighted by atomic mass is 35.5. The molecule has 1 unspecified atom stereocenters. The van der Waals surface area contributed by atoms with Gasteiger partial charge in [0.15, 0.2) is 5.82 Å². The van der Waals surface area contributed by atoms with Gasteiger partial charge in [0, 0.05) is 21.5 Å². The summed E-state index contributed by atoms with van der Waals surface area (Å²) in [6.07, 6.45) is 5.96. The van der Waals surface area contributed by atoms with E-state index in [4.69, 9.17) is 37.9 Å². The molecule has 0 radical (unpaired) electrons. The van der Waals surface area contributed by atoms with E-state index >= 15 is 0 Å². The molecule has 0 bridgehead atoms. The van der Waals surface area contributed by atoms with Crippen LogP contribution >= 0.6 is 23.2 Å². The monoisotopic (exact) mass is 486 g/mol. The van der Waals surface area contributed by atoms with Crippen LogP contribution in [0.5, 0.6) is 5.75 Å². The van der Waals surface area contributed by atoms with Crippen LogP contribution < -0.4 is 10.1 Å². The number of hydrogen-bond acceptors (Lipinski definition) is 5. The van der Waals surface area contributed by atoms with Crippen molar-refractivity contribution in [2.75, 3.05) is 32.1 Å². The number of halogens is 2. The molecule has 0 fully saturated rings. The van der Waals surface area contributed by atoms with Crippen molar-refractivity contribution in [3.8, 4) is 5.75 Å². The summed E-state index contributed by atoms with van der Waals surface area (Å²) in [6.45, 7) is 9.88. The zero-order valence-electron chi connectivity index (χ0n) is 19.7. The van der Waals surface area contributed by atoms with E-state index in [2.05, 4.69) is 31.0 Å². The second-order valence-electron chi connectivity index (χ2n) is 8.03. The summed E-state index contributed by atoms with van der Waals surface area (Å²) in [5.74, 6) is 2.19. The van der Waals surface area contributed by atoms with Gasteiger partial charge in [0.1, 0.15) is 11.6 Å². The summed E-state index contributed by atoms with van der Waals surface area (Å²) in [5.41, 5.74) is 1.71. The molecule has 1 aromatic heterocycles. The average molecular weight is 487 g/mol. The fraction of sp³-hybridized carbons (Fsp3) is 0.385. The van der Waals surface area contributed by atoms with E-state index in [0.717, 1.165) is 60.5 Å². The maximum atomic E-state index is 6.31. The SMILES string of the molecule is CCN(CC)CCCC(C)Nc1nc(/C=C/c2ccc(Cl)cc2Cl)nc2ccc(OC)cc12. The van der Waals surface area contributed by atoms with Crippen molar-refractivity contribution in [1.82, 2.24) is 14.9 Å². The smallest absolute Gasteiger partial charge is 0.154 e. The van der Waals surface area contributed by atoms with Gasteiger partial charge in [-0.1, -0.05) is 43.1 Å². The summed E-state index contributed by atoms with van der Waals surface area (Å²) >= 11 is 12.3. The molecule has 7 heteroatoms. The molecule has 0 saturated heterocycles. The third-order valence-electron chi connectivity index (χ3n) is 5.68. The van der Waals surface area contributed by atoms with Crippen molar-refractivity contribution >= 4 is 52.1 Å². The Bertz CT molecular complexity index is 1100. The molecule has 2 aromatic carbocycles. The van der Waals surface area contributed by atoms with Gasteiger partial charge in [0.25, 0.3) is 0 Å². The first-order chi connectivity index (χ1) is 15.9. The summed E-state index contributed by atoms with van der Waals surface area (Å²) in [6, 6.07) is 11.5. The molecular formula is C26H32Cl2N4O. The van der Waals surface area contributed by atoms with Gasteiger partial charge >= 0.3 is 0 Å². The number of anilines is 1. The summed E-state index contributed by atoms with van der Waals surface area (Å²) in [7, 11) is 1.66. The molecule has 33 heavy (non-hydrogen) atoms. The van der Waals surface area contributed by atoms with Crippen LogP contribution in [0.1, 0.15) is 45.0 Å². The Morgan fingerprint density at radius 2 is 1.85 bits per heavy atom. The molecule has 0 saturated carbocycles. The van der Waals surface area contributed by atoms with E-state index in [0.29, 0.717) is 15.9 Å². The minimum atomic E-state index is 0.271. The van der Waals surface area contributed by atoms with E-state index in [-0.39, 0.29) is 6.04 Å². The third kappa shape index (κ3) is 7.07. The average Bonchev–Trinajstić information content (AvgIpc) is 2.81. The van der Waals surface area contributed by atoms with Gasteiger partial charge in [-0.2, -0.15) is 0 Å². The van der Waals surface area contributed by atoms with Crippen LogP contribution in [0, 0.1) is 0 Å². The minimum Gasteiger partial charge on any atom is -0.497 e. The molecule has 1 N–H and O–H groups in total. The molecule has 0 aliphatic carbocycles. The molecule has 0 amide bonds. The summed E-state index contributed by atoms with van der Waals surface area (Å²) in [4.78, 5) is 12.0. The third-order valence-corrected chi connectivity index (χ3v) is 6.25. The summed E-state index contributed by atoms with van der Waals surface area (Å²) in [5, 5.41) is 5.73. The molecule has 0 aliphatic rings. The molecule has 1 heterocycles. The van der Waals surface area contributed by atoms with Crippen LogP contribution in [0.4, 0.5) is 5.82 Å². The molecule has 0 aliphatic heterocycles. The Balaban J connectivity index is 1.85.